The van der Waals surface area contributed by atoms with Crippen molar-refractivity contribution in [3.8, 4) is 0 Å². The molecule has 27 heavy (non-hydrogen) atoms. The number of esters is 1. The number of hydrogen-bond acceptors (Lipinski definition) is 5. The van der Waals surface area contributed by atoms with Gasteiger partial charge < -0.3 is 9.15 Å². The highest BCUT2D eigenvalue weighted by Crippen LogP contribution is 2.22. The topological polar surface area (TPSA) is 73.6 Å². The van der Waals surface area contributed by atoms with Gasteiger partial charge in [0, 0.05) is 11.6 Å². The fourth-order valence-electron chi connectivity index (χ4n) is 2.99. The van der Waals surface area contributed by atoms with E-state index in [1.807, 2.05) is 33.8 Å². The smallest absolute Gasteiger partial charge is 0.374 e. The molecule has 0 saturated carbocycles. The predicted octanol–water partition coefficient (Wildman–Crippen LogP) is 4.07. The van der Waals surface area contributed by atoms with Gasteiger partial charge in [-0.25, -0.2) is 4.79 Å². The third kappa shape index (κ3) is 3.53. The highest BCUT2D eigenvalue weighted by Gasteiger charge is 2.18. The van der Waals surface area contributed by atoms with Gasteiger partial charge in [-0.15, -0.1) is 0 Å². The molecule has 3 rings (SSSR count). The van der Waals surface area contributed by atoms with Gasteiger partial charge in [-0.3, -0.25) is 9.59 Å². The molecular weight excluding hydrogens is 344 g/mol. The summed E-state index contributed by atoms with van der Waals surface area (Å²) in [5, 5.41) is 0.381. The fourth-order valence-corrected chi connectivity index (χ4v) is 2.99. The SMILES string of the molecule is Cc1cc(C(=O)COC(=O)c2cc(=O)c3ccccc3o2)c(C)c(C)c1C. The highest BCUT2D eigenvalue weighted by atomic mass is 16.5. The molecule has 0 amide bonds. The van der Waals surface area contributed by atoms with Crippen LogP contribution in [0.25, 0.3) is 11.0 Å². The van der Waals surface area contributed by atoms with Crippen LogP contribution in [0.3, 0.4) is 0 Å². The first-order chi connectivity index (χ1) is 12.8. The lowest BCUT2D eigenvalue weighted by Gasteiger charge is -2.13. The van der Waals surface area contributed by atoms with Crippen molar-refractivity contribution in [3.05, 3.63) is 80.2 Å². The van der Waals surface area contributed by atoms with Crippen molar-refractivity contribution in [1.29, 1.82) is 0 Å². The van der Waals surface area contributed by atoms with Crippen molar-refractivity contribution in [2.24, 2.45) is 0 Å². The third-order valence-corrected chi connectivity index (χ3v) is 4.95. The van der Waals surface area contributed by atoms with E-state index >= 15 is 0 Å². The average molecular weight is 364 g/mol. The van der Waals surface area contributed by atoms with Gasteiger partial charge >= 0.3 is 5.97 Å². The number of para-hydroxylation sites is 1. The zero-order valence-corrected chi connectivity index (χ0v) is 15.7. The Morgan fingerprint density at radius 1 is 0.963 bits per heavy atom. The minimum absolute atomic E-state index is 0.223. The Balaban J connectivity index is 1.80. The standard InChI is InChI=1S/C22H20O5/c1-12-9-17(15(4)14(3)13(12)2)19(24)11-26-22(25)21-10-18(23)16-7-5-6-8-20(16)27-21/h5-10H,11H2,1-4H3. The number of benzene rings is 2. The van der Waals surface area contributed by atoms with Crippen LogP contribution in [0.4, 0.5) is 0 Å². The Labute approximate surface area is 156 Å². The lowest BCUT2D eigenvalue weighted by atomic mass is 9.93. The van der Waals surface area contributed by atoms with Crippen molar-refractivity contribution >= 4 is 22.7 Å². The molecule has 0 fully saturated rings. The van der Waals surface area contributed by atoms with Gasteiger partial charge in [0.15, 0.2) is 12.0 Å². The second-order valence-corrected chi connectivity index (χ2v) is 6.59. The molecular formula is C22H20O5. The molecule has 2 aromatic carbocycles. The minimum Gasteiger partial charge on any atom is -0.451 e. The number of hydrogen-bond donors (Lipinski definition) is 0. The van der Waals surface area contributed by atoms with Crippen LogP contribution in [0.15, 0.2) is 45.6 Å². The number of rotatable bonds is 4. The summed E-state index contributed by atoms with van der Waals surface area (Å²) in [7, 11) is 0. The summed E-state index contributed by atoms with van der Waals surface area (Å²) in [6.07, 6.45) is 0. The molecule has 5 nitrogen and oxygen atoms in total. The Morgan fingerprint density at radius 2 is 1.67 bits per heavy atom. The molecule has 0 radical (unpaired) electrons. The van der Waals surface area contributed by atoms with E-state index in [-0.39, 0.29) is 17.0 Å². The van der Waals surface area contributed by atoms with Crippen LogP contribution in [-0.2, 0) is 4.74 Å². The molecule has 0 N–H and O–H groups in total. The summed E-state index contributed by atoms with van der Waals surface area (Å²) >= 11 is 0. The Hall–Kier alpha value is -3.21. The maximum Gasteiger partial charge on any atom is 0.374 e. The molecule has 0 atom stereocenters. The summed E-state index contributed by atoms with van der Waals surface area (Å²) < 4.78 is 10.5. The highest BCUT2D eigenvalue weighted by molar-refractivity contribution is 6.00. The molecule has 0 aliphatic carbocycles. The number of aryl methyl sites for hydroxylation is 1. The van der Waals surface area contributed by atoms with Gasteiger partial charge in [-0.2, -0.15) is 0 Å². The Bertz CT molecular complexity index is 1120. The zero-order chi connectivity index (χ0) is 19.7. The Morgan fingerprint density at radius 3 is 2.41 bits per heavy atom. The molecule has 0 aliphatic rings. The van der Waals surface area contributed by atoms with E-state index in [2.05, 4.69) is 0 Å². The van der Waals surface area contributed by atoms with Crippen LogP contribution in [0.1, 0.15) is 43.2 Å². The molecule has 0 aliphatic heterocycles. The van der Waals surface area contributed by atoms with Crippen LogP contribution >= 0.6 is 0 Å². The van der Waals surface area contributed by atoms with Gasteiger partial charge in [-0.05, 0) is 68.1 Å². The van der Waals surface area contributed by atoms with Crippen LogP contribution in [0.2, 0.25) is 0 Å². The summed E-state index contributed by atoms with van der Waals surface area (Å²) in [6.45, 7) is 7.36. The van der Waals surface area contributed by atoms with Crippen LogP contribution < -0.4 is 5.43 Å². The molecule has 1 aromatic heterocycles. The lowest BCUT2D eigenvalue weighted by Crippen LogP contribution is -2.17. The molecule has 3 aromatic rings. The van der Waals surface area contributed by atoms with E-state index in [1.165, 1.54) is 0 Å². The quantitative estimate of drug-likeness (QED) is 0.515. The second-order valence-electron chi connectivity index (χ2n) is 6.59. The summed E-state index contributed by atoms with van der Waals surface area (Å²) in [6, 6.07) is 9.52. The first-order valence-corrected chi connectivity index (χ1v) is 8.60. The largest absolute Gasteiger partial charge is 0.451 e. The predicted molar refractivity (Wildman–Crippen MR) is 102 cm³/mol. The van der Waals surface area contributed by atoms with Crippen LogP contribution in [-0.4, -0.2) is 18.4 Å². The van der Waals surface area contributed by atoms with E-state index < -0.39 is 12.6 Å². The molecule has 0 unspecified atom stereocenters. The van der Waals surface area contributed by atoms with Crippen molar-refractivity contribution in [2.75, 3.05) is 6.61 Å². The summed E-state index contributed by atoms with van der Waals surface area (Å²) in [5.74, 6) is -1.36. The number of carbonyl (C=O) groups excluding carboxylic acids is 2. The zero-order valence-electron chi connectivity index (χ0n) is 15.7. The molecule has 0 bridgehead atoms. The first-order valence-electron chi connectivity index (χ1n) is 8.60. The number of Topliss-reactive ketones (excluding diaryl/α,β-unsaturated/α-hetero) is 1. The van der Waals surface area contributed by atoms with Gasteiger partial charge in [0.25, 0.3) is 0 Å². The first kappa shape index (κ1) is 18.6. The van der Waals surface area contributed by atoms with Crippen LogP contribution in [0.5, 0.6) is 0 Å². The Kier molecular flexibility index (Phi) is 4.95. The normalized spacial score (nSPS) is 10.8. The number of ketones is 1. The summed E-state index contributed by atoms with van der Waals surface area (Å²) in [5.41, 5.74) is 4.55. The van der Waals surface area contributed by atoms with E-state index in [0.29, 0.717) is 16.5 Å². The van der Waals surface area contributed by atoms with E-state index in [4.69, 9.17) is 9.15 Å². The third-order valence-electron chi connectivity index (χ3n) is 4.95. The molecule has 0 spiro atoms. The molecule has 1 heterocycles. The van der Waals surface area contributed by atoms with Crippen LogP contribution in [0, 0.1) is 27.7 Å². The molecule has 5 heteroatoms. The fraction of sp³-hybridized carbons (Fsp3) is 0.227. The number of carbonyl (C=O) groups is 2. The van der Waals surface area contributed by atoms with Crippen molar-refractivity contribution in [1.82, 2.24) is 0 Å². The molecule has 138 valence electrons. The lowest BCUT2D eigenvalue weighted by molar-refractivity contribution is 0.0444. The number of fused-ring (bicyclic) bond motifs is 1. The van der Waals surface area contributed by atoms with Gasteiger partial charge in [0.2, 0.25) is 11.5 Å². The van der Waals surface area contributed by atoms with Crippen molar-refractivity contribution < 1.29 is 18.7 Å². The van der Waals surface area contributed by atoms with Gasteiger partial charge in [-0.1, -0.05) is 12.1 Å². The van der Waals surface area contributed by atoms with Gasteiger partial charge in [0.1, 0.15) is 5.58 Å². The van der Waals surface area contributed by atoms with E-state index in [9.17, 15) is 14.4 Å². The molecule has 0 saturated heterocycles. The van der Waals surface area contributed by atoms with E-state index in [0.717, 1.165) is 28.3 Å². The maximum absolute atomic E-state index is 12.5. The van der Waals surface area contributed by atoms with Crippen molar-refractivity contribution in [2.45, 2.75) is 27.7 Å². The average Bonchev–Trinajstić information content (AvgIpc) is 2.67. The van der Waals surface area contributed by atoms with Crippen molar-refractivity contribution in [3.63, 3.8) is 0 Å². The van der Waals surface area contributed by atoms with Gasteiger partial charge in [0.05, 0.1) is 5.39 Å². The second kappa shape index (κ2) is 7.19. The number of ether oxygens (including phenoxy) is 1. The minimum atomic E-state index is -0.843. The van der Waals surface area contributed by atoms with E-state index in [1.54, 1.807) is 24.3 Å². The maximum atomic E-state index is 12.5. The summed E-state index contributed by atoms with van der Waals surface area (Å²) in [4.78, 5) is 36.8. The monoisotopic (exact) mass is 364 g/mol.